The Kier molecular flexibility index (Phi) is 5.89. The third-order valence-corrected chi connectivity index (χ3v) is 6.92. The zero-order chi connectivity index (χ0) is 21.3. The summed E-state index contributed by atoms with van der Waals surface area (Å²) in [4.78, 5) is 30.0. The average molecular weight is 540 g/mol. The summed E-state index contributed by atoms with van der Waals surface area (Å²) in [7, 11) is 0. The Morgan fingerprint density at radius 3 is 2.80 bits per heavy atom. The molecule has 1 aliphatic heterocycles. The van der Waals surface area contributed by atoms with Crippen LogP contribution in [0.4, 0.5) is 20.8 Å². The Bertz CT molecular complexity index is 1110. The van der Waals surface area contributed by atoms with Crippen molar-refractivity contribution >= 4 is 72.9 Å². The minimum absolute atomic E-state index is 0.159. The van der Waals surface area contributed by atoms with Gasteiger partial charge in [-0.3, -0.25) is 4.48 Å². The quantitative estimate of drug-likeness (QED) is 0.294. The van der Waals surface area contributed by atoms with Crippen molar-refractivity contribution in [1.82, 2.24) is 4.98 Å². The molecule has 3 heterocycles. The number of anilines is 3. The van der Waals surface area contributed by atoms with Crippen LogP contribution in [0.15, 0.2) is 36.5 Å². The number of carboxylic acid groups (broad SMARTS) is 1. The van der Waals surface area contributed by atoms with Crippen molar-refractivity contribution in [1.29, 1.82) is 0 Å². The average Bonchev–Trinajstić information content (AvgIpc) is 3.08. The molecular weight excluding hydrogens is 522 g/mol. The largest absolute Gasteiger partial charge is 0.544 e. The highest BCUT2D eigenvalue weighted by atomic mass is 127. The number of nitrogens with zero attached hydrogens (tertiary/aromatic N) is 3. The molecule has 4 rings (SSSR count). The topological polar surface area (TPSA) is 85.4 Å². The van der Waals surface area contributed by atoms with E-state index in [1.165, 1.54) is 17.4 Å². The molecule has 10 heteroatoms. The number of carboxylic acids is 1. The number of quaternary nitrogens is 1. The molecule has 3 aromatic rings. The molecule has 1 aliphatic rings. The molecular formula is C20H18FIN4O3S. The van der Waals surface area contributed by atoms with E-state index >= 15 is 0 Å². The van der Waals surface area contributed by atoms with Gasteiger partial charge in [0.25, 0.3) is 0 Å². The van der Waals surface area contributed by atoms with Crippen LogP contribution in [0.25, 0.3) is 10.2 Å². The van der Waals surface area contributed by atoms with Gasteiger partial charge in [0, 0.05) is 15.2 Å². The van der Waals surface area contributed by atoms with Gasteiger partial charge in [-0.2, -0.15) is 0 Å². The first kappa shape index (κ1) is 20.9. The lowest BCUT2D eigenvalue weighted by Crippen LogP contribution is -2.62. The first-order chi connectivity index (χ1) is 14.4. The molecule has 1 amide bonds. The highest BCUT2D eigenvalue weighted by Gasteiger charge is 2.35. The van der Waals surface area contributed by atoms with Crippen molar-refractivity contribution in [2.45, 2.75) is 0 Å². The highest BCUT2D eigenvalue weighted by molar-refractivity contribution is 14.1. The van der Waals surface area contributed by atoms with Gasteiger partial charge in [-0.15, -0.1) is 0 Å². The number of aromatic nitrogens is 1. The second kappa shape index (κ2) is 8.44. The molecule has 156 valence electrons. The van der Waals surface area contributed by atoms with Crippen LogP contribution in [0, 0.1) is 9.39 Å². The van der Waals surface area contributed by atoms with Crippen molar-refractivity contribution in [2.75, 3.05) is 42.9 Å². The van der Waals surface area contributed by atoms with Crippen LogP contribution in [-0.4, -0.2) is 54.6 Å². The van der Waals surface area contributed by atoms with E-state index in [4.69, 9.17) is 0 Å². The van der Waals surface area contributed by atoms with Gasteiger partial charge in [-0.1, -0.05) is 11.3 Å². The van der Waals surface area contributed by atoms with Crippen LogP contribution < -0.4 is 15.3 Å². The number of carbonyl (C=O) groups excluding carboxylic acids is 2. The van der Waals surface area contributed by atoms with Gasteiger partial charge in [0.1, 0.15) is 35.3 Å². The maximum atomic E-state index is 14.4. The molecule has 0 aliphatic carbocycles. The molecule has 0 atom stereocenters. The molecule has 0 bridgehead atoms. The van der Waals surface area contributed by atoms with Gasteiger partial charge in [-0.05, 0) is 52.9 Å². The number of piperazine rings is 1. The second-order valence-corrected chi connectivity index (χ2v) is 9.42. The number of nitrogens with one attached hydrogen (secondary N) is 1. The number of carbonyl (C=O) groups is 2. The summed E-state index contributed by atoms with van der Waals surface area (Å²) in [6.45, 7) is 1.34. The van der Waals surface area contributed by atoms with Gasteiger partial charge in [0.05, 0.1) is 30.4 Å². The van der Waals surface area contributed by atoms with Crippen molar-refractivity contribution in [3.63, 3.8) is 0 Å². The van der Waals surface area contributed by atoms with E-state index in [0.717, 1.165) is 24.5 Å². The Hall–Kier alpha value is -2.31. The van der Waals surface area contributed by atoms with Gasteiger partial charge in [0.2, 0.25) is 0 Å². The van der Waals surface area contributed by atoms with E-state index in [1.54, 1.807) is 12.3 Å². The third kappa shape index (κ3) is 4.12. The summed E-state index contributed by atoms with van der Waals surface area (Å²) >= 11 is 3.49. The lowest BCUT2D eigenvalue weighted by molar-refractivity contribution is -0.841. The minimum Gasteiger partial charge on any atom is -0.544 e. The summed E-state index contributed by atoms with van der Waals surface area (Å²) in [5.41, 5.74) is 1.26. The van der Waals surface area contributed by atoms with Gasteiger partial charge in [0.15, 0.2) is 0 Å². The third-order valence-electron chi connectivity index (χ3n) is 5.23. The van der Waals surface area contributed by atoms with Crippen LogP contribution in [-0.2, 0) is 9.59 Å². The lowest BCUT2D eigenvalue weighted by atomic mass is 10.2. The zero-order valence-electron chi connectivity index (χ0n) is 15.8. The number of pyridine rings is 1. The number of thiophene rings is 1. The highest BCUT2D eigenvalue weighted by Crippen LogP contribution is 2.43. The van der Waals surface area contributed by atoms with Crippen LogP contribution in [0.2, 0.25) is 0 Å². The number of aliphatic carboxylic acids is 1. The fourth-order valence-corrected chi connectivity index (χ4v) is 5.21. The molecule has 2 aromatic heterocycles. The Morgan fingerprint density at radius 2 is 2.13 bits per heavy atom. The summed E-state index contributed by atoms with van der Waals surface area (Å²) in [5.74, 6) is -1.58. The second-order valence-electron chi connectivity index (χ2n) is 7.17. The number of halogens is 2. The molecule has 7 nitrogen and oxygen atoms in total. The monoisotopic (exact) mass is 540 g/mol. The van der Waals surface area contributed by atoms with Crippen molar-refractivity contribution in [3.05, 3.63) is 45.9 Å². The number of amides is 1. The minimum atomic E-state index is -1.24. The fourth-order valence-electron chi connectivity index (χ4n) is 3.68. The Balaban J connectivity index is 1.68. The standard InChI is InChI=1S/C20H18FIN4O3S/c21-15-10-13(22)3-4-16(15)24-20-18(14-2-1-5-23-19(14)30-20)25-6-8-26(12-27,9-7-25)11-17(28)29/h1-5,10,12,24H,6-9,11H2. The van der Waals surface area contributed by atoms with E-state index < -0.39 is 5.97 Å². The van der Waals surface area contributed by atoms with Crippen molar-refractivity contribution in [3.8, 4) is 0 Å². The van der Waals surface area contributed by atoms with E-state index in [-0.39, 0.29) is 16.8 Å². The molecule has 0 unspecified atom stereocenters. The van der Waals surface area contributed by atoms with Crippen LogP contribution in [0.5, 0.6) is 0 Å². The smallest absolute Gasteiger partial charge is 0.301 e. The predicted octanol–water partition coefficient (Wildman–Crippen LogP) is 2.33. The molecule has 1 saturated heterocycles. The summed E-state index contributed by atoms with van der Waals surface area (Å²) in [6.07, 6.45) is 2.41. The SMILES string of the molecule is O=C[N+]1(CC(=O)[O-])CCN(c2c(Nc3ccc(I)cc3F)sc3ncccc23)CC1. The van der Waals surface area contributed by atoms with E-state index in [0.29, 0.717) is 38.3 Å². The molecule has 0 saturated carbocycles. The van der Waals surface area contributed by atoms with Crippen LogP contribution in [0.3, 0.4) is 0 Å². The molecule has 1 N–H and O–H groups in total. The number of benzene rings is 1. The Labute approximate surface area is 189 Å². The van der Waals surface area contributed by atoms with Crippen LogP contribution >= 0.6 is 33.9 Å². The first-order valence-corrected chi connectivity index (χ1v) is 11.2. The predicted molar refractivity (Wildman–Crippen MR) is 120 cm³/mol. The summed E-state index contributed by atoms with van der Waals surface area (Å²) in [5, 5.41) is 16.0. The maximum Gasteiger partial charge on any atom is 0.301 e. The van der Waals surface area contributed by atoms with Crippen molar-refractivity contribution < 1.29 is 23.6 Å². The van der Waals surface area contributed by atoms with E-state index in [1.807, 2.05) is 18.2 Å². The maximum absolute atomic E-state index is 14.4. The van der Waals surface area contributed by atoms with Crippen LogP contribution in [0.1, 0.15) is 0 Å². The number of hydrogen-bond donors (Lipinski definition) is 1. The van der Waals surface area contributed by atoms with Gasteiger partial charge < -0.3 is 20.1 Å². The molecule has 1 aromatic carbocycles. The lowest BCUT2D eigenvalue weighted by Gasteiger charge is -2.41. The number of hydrogen-bond acceptors (Lipinski definition) is 7. The summed E-state index contributed by atoms with van der Waals surface area (Å²) < 4.78 is 15.1. The van der Waals surface area contributed by atoms with Gasteiger partial charge >= 0.3 is 6.41 Å². The Morgan fingerprint density at radius 1 is 1.37 bits per heavy atom. The summed E-state index contributed by atoms with van der Waals surface area (Å²) in [6, 6.07) is 8.79. The van der Waals surface area contributed by atoms with Gasteiger partial charge in [-0.25, -0.2) is 14.2 Å². The zero-order valence-corrected chi connectivity index (χ0v) is 18.8. The molecule has 0 spiro atoms. The van der Waals surface area contributed by atoms with Crippen molar-refractivity contribution in [2.24, 2.45) is 0 Å². The molecule has 0 radical (unpaired) electrons. The van der Waals surface area contributed by atoms with E-state index in [2.05, 4.69) is 37.8 Å². The first-order valence-electron chi connectivity index (χ1n) is 9.27. The number of rotatable bonds is 6. The molecule has 1 fully saturated rings. The molecule has 30 heavy (non-hydrogen) atoms. The normalized spacial score (nSPS) is 15.9. The number of fused-ring (bicyclic) bond motifs is 1. The van der Waals surface area contributed by atoms with E-state index in [9.17, 15) is 19.1 Å². The fraction of sp³-hybridized carbons (Fsp3) is 0.250.